The summed E-state index contributed by atoms with van der Waals surface area (Å²) in [7, 11) is 1.70. The van der Waals surface area contributed by atoms with Gasteiger partial charge in [-0.2, -0.15) is 0 Å². The van der Waals surface area contributed by atoms with Crippen molar-refractivity contribution in [2.24, 2.45) is 7.05 Å². The zero-order chi connectivity index (χ0) is 10.5. The summed E-state index contributed by atoms with van der Waals surface area (Å²) in [6, 6.07) is 0. The van der Waals surface area contributed by atoms with Gasteiger partial charge >= 0.3 is 0 Å². The fourth-order valence-corrected chi connectivity index (χ4v) is 1.85. The van der Waals surface area contributed by atoms with Crippen LogP contribution in [0.5, 0.6) is 0 Å². The molecule has 0 saturated heterocycles. The van der Waals surface area contributed by atoms with Gasteiger partial charge in [-0.05, 0) is 0 Å². The Bertz CT molecular complexity index is 474. The van der Waals surface area contributed by atoms with Gasteiger partial charge in [-0.25, -0.2) is 8.78 Å². The lowest BCUT2D eigenvalue weighted by molar-refractivity contribution is 0.593. The smallest absolute Gasteiger partial charge is 0.164 e. The van der Waals surface area contributed by atoms with Gasteiger partial charge in [0.25, 0.3) is 0 Å². The molecular weight excluding hydrogens is 231 g/mol. The normalized spacial score (nSPS) is 11.2. The molecule has 1 nitrogen and oxygen atoms in total. The van der Waals surface area contributed by atoms with Crippen LogP contribution in [0, 0.1) is 11.6 Å². The van der Waals surface area contributed by atoms with Gasteiger partial charge in [0.2, 0.25) is 0 Å². The molecule has 0 amide bonds. The minimum atomic E-state index is -0.912. The lowest BCUT2D eigenvalue weighted by Gasteiger charge is -2.01. The molecule has 0 aliphatic heterocycles. The molecule has 14 heavy (non-hydrogen) atoms. The van der Waals surface area contributed by atoms with Gasteiger partial charge in [0.15, 0.2) is 11.6 Å². The summed E-state index contributed by atoms with van der Waals surface area (Å²) in [4.78, 5) is 0. The maximum Gasteiger partial charge on any atom is 0.164 e. The minimum absolute atomic E-state index is 0.146. The van der Waals surface area contributed by atoms with Crippen molar-refractivity contribution >= 4 is 34.0 Å². The van der Waals surface area contributed by atoms with Crippen molar-refractivity contribution < 1.29 is 8.78 Å². The molecule has 1 heterocycles. The van der Waals surface area contributed by atoms with E-state index < -0.39 is 16.7 Å². The Morgan fingerprint density at radius 1 is 1.00 bits per heavy atom. The Hall–Kier alpha value is -0.800. The first kappa shape index (κ1) is 9.74. The Morgan fingerprint density at radius 2 is 1.57 bits per heavy atom. The molecule has 0 saturated carbocycles. The second-order valence-electron chi connectivity index (χ2n) is 3.01. The van der Waals surface area contributed by atoms with Gasteiger partial charge in [-0.1, -0.05) is 23.2 Å². The molecule has 0 bridgehead atoms. The molecule has 2 rings (SSSR count). The van der Waals surface area contributed by atoms with Crippen LogP contribution in [0.1, 0.15) is 0 Å². The average Bonchev–Trinajstić information content (AvgIpc) is 2.54. The third-order valence-electron chi connectivity index (χ3n) is 2.01. The Morgan fingerprint density at radius 3 is 2.21 bits per heavy atom. The quantitative estimate of drug-likeness (QED) is 0.484. The first-order valence-electron chi connectivity index (χ1n) is 3.80. The zero-order valence-electron chi connectivity index (χ0n) is 7.11. The highest BCUT2D eigenvalue weighted by molar-refractivity contribution is 6.39. The Kier molecular flexibility index (Phi) is 2.16. The third-order valence-corrected chi connectivity index (χ3v) is 2.71. The molecule has 1 aromatic carbocycles. The lowest BCUT2D eigenvalue weighted by atomic mass is 10.2. The second-order valence-corrected chi connectivity index (χ2v) is 3.76. The van der Waals surface area contributed by atoms with Crippen LogP contribution < -0.4 is 0 Å². The van der Waals surface area contributed by atoms with E-state index in [4.69, 9.17) is 23.2 Å². The molecule has 0 fully saturated rings. The van der Waals surface area contributed by atoms with Crippen molar-refractivity contribution in [2.45, 2.75) is 0 Å². The summed E-state index contributed by atoms with van der Waals surface area (Å²) >= 11 is 11.1. The summed E-state index contributed by atoms with van der Waals surface area (Å²) in [5.41, 5.74) is 0. The number of halogens is 4. The van der Waals surface area contributed by atoms with E-state index in [1.54, 1.807) is 17.8 Å². The summed E-state index contributed by atoms with van der Waals surface area (Å²) in [6.45, 7) is 0. The standard InChI is InChI=1S/C9H5Cl2F2N/c1-14-2-4-5(3-14)8(12)7(11)9(13)6(4)10/h2-3H,1H3. The van der Waals surface area contributed by atoms with Gasteiger partial charge < -0.3 is 4.57 Å². The minimum Gasteiger partial charge on any atom is -0.356 e. The maximum absolute atomic E-state index is 13.4. The van der Waals surface area contributed by atoms with E-state index in [0.29, 0.717) is 5.39 Å². The lowest BCUT2D eigenvalue weighted by Crippen LogP contribution is -1.86. The second kappa shape index (κ2) is 3.11. The van der Waals surface area contributed by atoms with Crippen LogP contribution in [0.4, 0.5) is 8.78 Å². The van der Waals surface area contributed by atoms with Crippen LogP contribution in [0.25, 0.3) is 10.8 Å². The highest BCUT2D eigenvalue weighted by Gasteiger charge is 2.18. The summed E-state index contributed by atoms with van der Waals surface area (Å²) in [5, 5.41) is -0.154. The molecular formula is C9H5Cl2F2N. The van der Waals surface area contributed by atoms with E-state index in [2.05, 4.69) is 0 Å². The number of nitrogens with zero attached hydrogens (tertiary/aromatic N) is 1. The highest BCUT2D eigenvalue weighted by Crippen LogP contribution is 2.35. The van der Waals surface area contributed by atoms with Gasteiger partial charge in [0.05, 0.1) is 5.02 Å². The molecule has 0 unspecified atom stereocenters. The van der Waals surface area contributed by atoms with E-state index >= 15 is 0 Å². The number of benzene rings is 1. The molecule has 1 aromatic heterocycles. The monoisotopic (exact) mass is 235 g/mol. The molecule has 0 spiro atoms. The molecule has 0 aliphatic carbocycles. The van der Waals surface area contributed by atoms with Crippen LogP contribution >= 0.6 is 23.2 Å². The SMILES string of the molecule is Cn1cc2c(F)c(Cl)c(F)c(Cl)c2c1. The molecule has 0 radical (unpaired) electrons. The number of hydrogen-bond donors (Lipinski definition) is 0. The fourth-order valence-electron chi connectivity index (χ4n) is 1.36. The third kappa shape index (κ3) is 1.20. The molecule has 0 aliphatic rings. The topological polar surface area (TPSA) is 4.93 Å². The average molecular weight is 236 g/mol. The van der Waals surface area contributed by atoms with Gasteiger partial charge in [-0.3, -0.25) is 0 Å². The van der Waals surface area contributed by atoms with E-state index in [-0.39, 0.29) is 10.4 Å². The van der Waals surface area contributed by atoms with Crippen LogP contribution in [-0.4, -0.2) is 4.57 Å². The van der Waals surface area contributed by atoms with Gasteiger partial charge in [-0.15, -0.1) is 0 Å². The van der Waals surface area contributed by atoms with Crippen molar-refractivity contribution in [3.63, 3.8) is 0 Å². The van der Waals surface area contributed by atoms with Crippen molar-refractivity contribution in [3.8, 4) is 0 Å². The first-order chi connectivity index (χ1) is 6.52. The first-order valence-corrected chi connectivity index (χ1v) is 4.55. The van der Waals surface area contributed by atoms with Gasteiger partial charge in [0, 0.05) is 30.2 Å². The largest absolute Gasteiger partial charge is 0.356 e. The van der Waals surface area contributed by atoms with Crippen molar-refractivity contribution in [2.75, 3.05) is 0 Å². The van der Waals surface area contributed by atoms with Gasteiger partial charge in [0.1, 0.15) is 5.02 Å². The van der Waals surface area contributed by atoms with Crippen LogP contribution in [-0.2, 0) is 7.05 Å². The van der Waals surface area contributed by atoms with Crippen LogP contribution in [0.3, 0.4) is 0 Å². The van der Waals surface area contributed by atoms with Crippen LogP contribution in [0.15, 0.2) is 12.4 Å². The molecule has 0 N–H and O–H groups in total. The summed E-state index contributed by atoms with van der Waals surface area (Å²) in [6.07, 6.45) is 3.04. The fraction of sp³-hybridized carbons (Fsp3) is 0.111. The maximum atomic E-state index is 13.4. The van der Waals surface area contributed by atoms with E-state index in [9.17, 15) is 8.78 Å². The van der Waals surface area contributed by atoms with Crippen molar-refractivity contribution in [3.05, 3.63) is 34.1 Å². The number of aromatic nitrogens is 1. The zero-order valence-corrected chi connectivity index (χ0v) is 8.63. The Labute approximate surface area is 88.8 Å². The van der Waals surface area contributed by atoms with Crippen LogP contribution in [0.2, 0.25) is 10.0 Å². The predicted molar refractivity (Wildman–Crippen MR) is 52.9 cm³/mol. The number of fused-ring (bicyclic) bond motifs is 1. The Balaban J connectivity index is 3.01. The van der Waals surface area contributed by atoms with E-state index in [0.717, 1.165) is 0 Å². The predicted octanol–water partition coefficient (Wildman–Crippen LogP) is 3.76. The summed E-state index contributed by atoms with van der Waals surface area (Å²) in [5.74, 6) is -1.69. The summed E-state index contributed by atoms with van der Waals surface area (Å²) < 4.78 is 28.2. The van der Waals surface area contributed by atoms with Crippen molar-refractivity contribution in [1.82, 2.24) is 4.57 Å². The number of rotatable bonds is 0. The number of aryl methyl sites for hydroxylation is 1. The highest BCUT2D eigenvalue weighted by atomic mass is 35.5. The van der Waals surface area contributed by atoms with E-state index in [1.165, 1.54) is 6.20 Å². The number of hydrogen-bond acceptors (Lipinski definition) is 0. The molecule has 2 aromatic rings. The van der Waals surface area contributed by atoms with E-state index in [1.807, 2.05) is 0 Å². The molecule has 0 atom stereocenters. The molecule has 5 heteroatoms. The van der Waals surface area contributed by atoms with Crippen molar-refractivity contribution in [1.29, 1.82) is 0 Å². The molecule has 74 valence electrons.